The molecule has 0 radical (unpaired) electrons. The van der Waals surface area contributed by atoms with E-state index in [-0.39, 0.29) is 6.10 Å². The predicted molar refractivity (Wildman–Crippen MR) is 74.3 cm³/mol. The molecule has 1 aromatic rings. The van der Waals surface area contributed by atoms with Gasteiger partial charge in [-0.1, -0.05) is 29.3 Å². The summed E-state index contributed by atoms with van der Waals surface area (Å²) in [4.78, 5) is 0. The van der Waals surface area contributed by atoms with Crippen LogP contribution in [0.2, 0.25) is 10.0 Å². The summed E-state index contributed by atoms with van der Waals surface area (Å²) in [6, 6.07) is 5.37. The van der Waals surface area contributed by atoms with Crippen LogP contribution in [0.1, 0.15) is 25.3 Å². The van der Waals surface area contributed by atoms with Crippen LogP contribution in [-0.2, 0) is 11.2 Å². The Labute approximate surface area is 118 Å². The average molecular weight is 289 g/mol. The molecule has 1 fully saturated rings. The molecule has 0 heterocycles. The fourth-order valence-corrected chi connectivity index (χ4v) is 2.69. The van der Waals surface area contributed by atoms with E-state index in [0.29, 0.717) is 29.0 Å². The molecule has 2 unspecified atom stereocenters. The van der Waals surface area contributed by atoms with Crippen LogP contribution in [0.3, 0.4) is 0 Å². The van der Waals surface area contributed by atoms with Crippen molar-refractivity contribution < 1.29 is 9.84 Å². The Morgan fingerprint density at radius 2 is 2.11 bits per heavy atom. The highest BCUT2D eigenvalue weighted by Crippen LogP contribution is 2.37. The summed E-state index contributed by atoms with van der Waals surface area (Å²) < 4.78 is 5.64. The third-order valence-electron chi connectivity index (χ3n) is 3.27. The van der Waals surface area contributed by atoms with E-state index in [0.717, 1.165) is 18.4 Å². The Morgan fingerprint density at radius 3 is 2.67 bits per heavy atom. The summed E-state index contributed by atoms with van der Waals surface area (Å²) in [5.41, 5.74) is 0.916. The predicted octanol–water partition coefficient (Wildman–Crippen LogP) is 3.71. The molecule has 2 atom stereocenters. The van der Waals surface area contributed by atoms with E-state index < -0.39 is 6.10 Å². The summed E-state index contributed by atoms with van der Waals surface area (Å²) in [5, 5.41) is 11.5. The van der Waals surface area contributed by atoms with Crippen molar-refractivity contribution in [3.8, 4) is 0 Å². The Kier molecular flexibility index (Phi) is 4.91. The number of aliphatic hydroxyl groups excluding tert-OH is 1. The van der Waals surface area contributed by atoms with E-state index in [1.54, 1.807) is 12.1 Å². The Balaban J connectivity index is 2.02. The molecule has 0 aliphatic heterocycles. The van der Waals surface area contributed by atoms with E-state index >= 15 is 0 Å². The second-order valence-corrected chi connectivity index (χ2v) is 5.61. The van der Waals surface area contributed by atoms with Crippen LogP contribution in [0.25, 0.3) is 0 Å². The van der Waals surface area contributed by atoms with Crippen molar-refractivity contribution in [3.63, 3.8) is 0 Å². The van der Waals surface area contributed by atoms with Crippen molar-refractivity contribution in [2.24, 2.45) is 5.92 Å². The first-order valence-corrected chi connectivity index (χ1v) is 7.11. The molecule has 2 rings (SSSR count). The lowest BCUT2D eigenvalue weighted by atomic mass is 10.0. The van der Waals surface area contributed by atoms with Crippen LogP contribution >= 0.6 is 23.2 Å². The summed E-state index contributed by atoms with van der Waals surface area (Å²) in [5.74, 6) is 0.506. The fourth-order valence-electron chi connectivity index (χ4n) is 2.21. The summed E-state index contributed by atoms with van der Waals surface area (Å²) in [6.07, 6.45) is 2.24. The average Bonchev–Trinajstić information content (AvgIpc) is 3.13. The molecule has 1 aliphatic carbocycles. The molecule has 0 spiro atoms. The van der Waals surface area contributed by atoms with Gasteiger partial charge in [-0.25, -0.2) is 0 Å². The molecule has 1 aliphatic rings. The number of halogens is 2. The van der Waals surface area contributed by atoms with Crippen LogP contribution in [0.5, 0.6) is 0 Å². The highest BCUT2D eigenvalue weighted by molar-refractivity contribution is 6.35. The number of hydrogen-bond donors (Lipinski definition) is 1. The second-order valence-electron chi connectivity index (χ2n) is 4.76. The SMILES string of the molecule is CCOC(C(O)Cc1ccc(Cl)cc1Cl)C1CC1. The largest absolute Gasteiger partial charge is 0.390 e. The maximum absolute atomic E-state index is 10.3. The summed E-state index contributed by atoms with van der Waals surface area (Å²) in [6.45, 7) is 2.59. The molecular weight excluding hydrogens is 271 g/mol. The molecule has 1 saturated carbocycles. The van der Waals surface area contributed by atoms with Gasteiger partial charge in [0.05, 0.1) is 12.2 Å². The van der Waals surface area contributed by atoms with Crippen LogP contribution in [0.4, 0.5) is 0 Å². The lowest BCUT2D eigenvalue weighted by Crippen LogP contribution is -2.33. The van der Waals surface area contributed by atoms with Gasteiger partial charge in [0, 0.05) is 23.1 Å². The first-order valence-electron chi connectivity index (χ1n) is 6.35. The number of hydrogen-bond acceptors (Lipinski definition) is 2. The van der Waals surface area contributed by atoms with Gasteiger partial charge in [-0.2, -0.15) is 0 Å². The number of benzene rings is 1. The first-order chi connectivity index (χ1) is 8.61. The normalized spacial score (nSPS) is 18.7. The summed E-state index contributed by atoms with van der Waals surface area (Å²) in [7, 11) is 0. The molecule has 0 amide bonds. The maximum atomic E-state index is 10.3. The number of rotatable bonds is 6. The number of aliphatic hydroxyl groups is 1. The Morgan fingerprint density at radius 1 is 1.39 bits per heavy atom. The highest BCUT2D eigenvalue weighted by atomic mass is 35.5. The van der Waals surface area contributed by atoms with E-state index in [1.807, 2.05) is 13.0 Å². The van der Waals surface area contributed by atoms with Crippen molar-refractivity contribution in [3.05, 3.63) is 33.8 Å². The summed E-state index contributed by atoms with van der Waals surface area (Å²) >= 11 is 12.0. The standard InChI is InChI=1S/C14H18Cl2O2/c1-2-18-14(9-3-4-9)13(17)7-10-5-6-11(15)8-12(10)16/h5-6,8-9,13-14,17H,2-4,7H2,1H3. The monoisotopic (exact) mass is 288 g/mol. The van der Waals surface area contributed by atoms with Crippen molar-refractivity contribution in [2.45, 2.75) is 38.4 Å². The topological polar surface area (TPSA) is 29.5 Å². The maximum Gasteiger partial charge on any atom is 0.0865 e. The minimum Gasteiger partial charge on any atom is -0.390 e. The molecular formula is C14H18Cl2O2. The smallest absolute Gasteiger partial charge is 0.0865 e. The van der Waals surface area contributed by atoms with Crippen molar-refractivity contribution in [1.29, 1.82) is 0 Å². The van der Waals surface area contributed by atoms with Gasteiger partial charge in [0.1, 0.15) is 0 Å². The van der Waals surface area contributed by atoms with Gasteiger partial charge in [-0.15, -0.1) is 0 Å². The number of ether oxygens (including phenoxy) is 1. The molecule has 100 valence electrons. The van der Waals surface area contributed by atoms with E-state index in [4.69, 9.17) is 27.9 Å². The molecule has 0 saturated heterocycles. The lowest BCUT2D eigenvalue weighted by molar-refractivity contribution is -0.0439. The van der Waals surface area contributed by atoms with Gasteiger partial charge in [0.15, 0.2) is 0 Å². The quantitative estimate of drug-likeness (QED) is 0.865. The van der Waals surface area contributed by atoms with Gasteiger partial charge in [-0.3, -0.25) is 0 Å². The second kappa shape index (κ2) is 6.25. The van der Waals surface area contributed by atoms with Gasteiger partial charge in [0.2, 0.25) is 0 Å². The van der Waals surface area contributed by atoms with Crippen molar-refractivity contribution in [2.75, 3.05) is 6.61 Å². The minimum atomic E-state index is -0.504. The first kappa shape index (κ1) is 14.1. The Hall–Kier alpha value is -0.280. The Bertz CT molecular complexity index is 405. The molecule has 18 heavy (non-hydrogen) atoms. The molecule has 2 nitrogen and oxygen atoms in total. The third-order valence-corrected chi connectivity index (χ3v) is 3.86. The lowest BCUT2D eigenvalue weighted by Gasteiger charge is -2.23. The van der Waals surface area contributed by atoms with Crippen LogP contribution in [0, 0.1) is 5.92 Å². The van der Waals surface area contributed by atoms with Gasteiger partial charge in [-0.05, 0) is 43.4 Å². The van der Waals surface area contributed by atoms with E-state index in [2.05, 4.69) is 0 Å². The zero-order chi connectivity index (χ0) is 13.1. The van der Waals surface area contributed by atoms with Gasteiger partial charge >= 0.3 is 0 Å². The fraction of sp³-hybridized carbons (Fsp3) is 0.571. The third kappa shape index (κ3) is 3.61. The zero-order valence-corrected chi connectivity index (χ0v) is 11.9. The zero-order valence-electron chi connectivity index (χ0n) is 10.4. The van der Waals surface area contributed by atoms with Gasteiger partial charge < -0.3 is 9.84 Å². The van der Waals surface area contributed by atoms with E-state index in [1.165, 1.54) is 0 Å². The van der Waals surface area contributed by atoms with Crippen LogP contribution in [-0.4, -0.2) is 23.9 Å². The molecule has 4 heteroatoms. The minimum absolute atomic E-state index is 0.0678. The van der Waals surface area contributed by atoms with Crippen molar-refractivity contribution >= 4 is 23.2 Å². The molecule has 0 aromatic heterocycles. The van der Waals surface area contributed by atoms with Crippen LogP contribution < -0.4 is 0 Å². The molecule has 0 bridgehead atoms. The molecule has 1 aromatic carbocycles. The van der Waals surface area contributed by atoms with Crippen molar-refractivity contribution in [1.82, 2.24) is 0 Å². The highest BCUT2D eigenvalue weighted by Gasteiger charge is 2.36. The van der Waals surface area contributed by atoms with Gasteiger partial charge in [0.25, 0.3) is 0 Å². The molecule has 1 N–H and O–H groups in total. The van der Waals surface area contributed by atoms with Crippen LogP contribution in [0.15, 0.2) is 18.2 Å². The van der Waals surface area contributed by atoms with E-state index in [9.17, 15) is 5.11 Å².